The number of nitrogens with zero attached hydrogens (tertiary/aromatic N) is 2. The molecule has 10 heteroatoms. The summed E-state index contributed by atoms with van der Waals surface area (Å²) in [6, 6.07) is 10.7. The predicted molar refractivity (Wildman–Crippen MR) is 108 cm³/mol. The van der Waals surface area contributed by atoms with E-state index < -0.39 is 27.0 Å². The first-order valence-electron chi connectivity index (χ1n) is 8.82. The van der Waals surface area contributed by atoms with Gasteiger partial charge < -0.3 is 9.84 Å². The lowest BCUT2D eigenvalue weighted by atomic mass is 10.1. The van der Waals surface area contributed by atoms with Gasteiger partial charge in [-0.25, -0.2) is 17.9 Å². The molecule has 0 spiro atoms. The molecule has 2 aromatic carbocycles. The van der Waals surface area contributed by atoms with Crippen molar-refractivity contribution in [3.05, 3.63) is 70.9 Å². The average Bonchev–Trinajstić information content (AvgIpc) is 2.66. The number of rotatable bonds is 6. The Labute approximate surface area is 172 Å². The molecule has 3 aromatic rings. The molecule has 0 aliphatic rings. The summed E-state index contributed by atoms with van der Waals surface area (Å²) in [5.74, 6) is -0.559. The number of nitrogens with two attached hydrogens (primary N) is 1. The molecule has 1 aromatic heterocycles. The molecule has 0 amide bonds. The van der Waals surface area contributed by atoms with Crippen molar-refractivity contribution >= 4 is 10.0 Å². The third kappa shape index (κ3) is 4.90. The van der Waals surface area contributed by atoms with Gasteiger partial charge in [-0.05, 0) is 55.8 Å². The predicted octanol–water partition coefficient (Wildman–Crippen LogP) is 1.84. The van der Waals surface area contributed by atoms with Crippen LogP contribution in [-0.4, -0.2) is 35.5 Å². The summed E-state index contributed by atoms with van der Waals surface area (Å²) in [4.78, 5) is 13.0. The lowest BCUT2D eigenvalue weighted by molar-refractivity contribution is 0.0280. The fraction of sp³-hybridized carbons (Fsp3) is 0.200. The van der Waals surface area contributed by atoms with E-state index in [0.717, 1.165) is 4.68 Å². The van der Waals surface area contributed by atoms with Crippen LogP contribution in [-0.2, 0) is 10.0 Å². The molecular weight excluding hydrogens is 413 g/mol. The van der Waals surface area contributed by atoms with Gasteiger partial charge in [0.1, 0.15) is 12.4 Å². The zero-order valence-electron chi connectivity index (χ0n) is 16.2. The highest BCUT2D eigenvalue weighted by Gasteiger charge is 2.20. The van der Waals surface area contributed by atoms with Crippen LogP contribution in [0.3, 0.4) is 0 Å². The third-order valence-corrected chi connectivity index (χ3v) is 5.00. The topological polar surface area (TPSA) is 125 Å². The van der Waals surface area contributed by atoms with Crippen LogP contribution < -0.4 is 15.4 Å². The molecule has 0 aliphatic heterocycles. The van der Waals surface area contributed by atoms with Crippen molar-refractivity contribution in [2.45, 2.75) is 24.3 Å². The van der Waals surface area contributed by atoms with Crippen LogP contribution in [0.5, 0.6) is 5.75 Å². The van der Waals surface area contributed by atoms with Gasteiger partial charge in [0.15, 0.2) is 5.75 Å². The largest absolute Gasteiger partial charge is 0.484 e. The van der Waals surface area contributed by atoms with Crippen molar-refractivity contribution < 1.29 is 22.7 Å². The van der Waals surface area contributed by atoms with Crippen LogP contribution >= 0.6 is 0 Å². The molecule has 30 heavy (non-hydrogen) atoms. The van der Waals surface area contributed by atoms with E-state index in [4.69, 9.17) is 9.88 Å². The number of halogens is 1. The summed E-state index contributed by atoms with van der Waals surface area (Å²) in [6.45, 7) is 2.86. The first-order valence-corrected chi connectivity index (χ1v) is 10.4. The Kier molecular flexibility index (Phi) is 5.75. The lowest BCUT2D eigenvalue weighted by Gasteiger charge is -2.19. The standard InChI is InChI=1S/C20H20FN3O5S/c1-20(2,26)12-29-18-17(13-3-9-16(10-4-13)30(22,27)28)11-23-24(19(18)25)15-7-5-14(21)6-8-15/h3-11,26H,12H2,1-2H3,(H2,22,27,28). The molecule has 1 heterocycles. The quantitative estimate of drug-likeness (QED) is 0.611. The maximum absolute atomic E-state index is 13.2. The van der Waals surface area contributed by atoms with Gasteiger partial charge >= 0.3 is 5.56 Å². The van der Waals surface area contributed by atoms with E-state index in [-0.39, 0.29) is 17.3 Å². The number of benzene rings is 2. The Bertz CT molecular complexity index is 1220. The zero-order valence-corrected chi connectivity index (χ0v) is 17.1. The van der Waals surface area contributed by atoms with E-state index in [1.807, 2.05) is 0 Å². The molecule has 8 nitrogen and oxygen atoms in total. The number of sulfonamides is 1. The van der Waals surface area contributed by atoms with Crippen LogP contribution in [0.1, 0.15) is 13.8 Å². The second-order valence-corrected chi connectivity index (χ2v) is 8.81. The number of hydrogen-bond donors (Lipinski definition) is 2. The molecule has 0 atom stereocenters. The summed E-state index contributed by atoms with van der Waals surface area (Å²) in [7, 11) is -3.87. The van der Waals surface area contributed by atoms with Gasteiger partial charge in [0, 0.05) is 5.56 Å². The van der Waals surface area contributed by atoms with Gasteiger partial charge in [0.25, 0.3) is 0 Å². The minimum Gasteiger partial charge on any atom is -0.484 e. The van der Waals surface area contributed by atoms with Crippen molar-refractivity contribution in [1.82, 2.24) is 9.78 Å². The van der Waals surface area contributed by atoms with Gasteiger partial charge in [-0.2, -0.15) is 9.78 Å². The minimum absolute atomic E-state index is 0.0853. The summed E-state index contributed by atoms with van der Waals surface area (Å²) in [6.07, 6.45) is 1.37. The summed E-state index contributed by atoms with van der Waals surface area (Å²) < 4.78 is 42.8. The van der Waals surface area contributed by atoms with Crippen LogP contribution in [0.15, 0.2) is 64.4 Å². The average molecular weight is 433 g/mol. The number of primary sulfonamides is 1. The highest BCUT2D eigenvalue weighted by Crippen LogP contribution is 2.28. The fourth-order valence-electron chi connectivity index (χ4n) is 2.62. The van der Waals surface area contributed by atoms with Crippen LogP contribution in [0.4, 0.5) is 4.39 Å². The van der Waals surface area contributed by atoms with Crippen molar-refractivity contribution in [1.29, 1.82) is 0 Å². The molecule has 0 saturated carbocycles. The molecule has 0 bridgehead atoms. The maximum Gasteiger partial charge on any atom is 0.314 e. The van der Waals surface area contributed by atoms with Gasteiger partial charge in [0.2, 0.25) is 10.0 Å². The number of hydrogen-bond acceptors (Lipinski definition) is 6. The van der Waals surface area contributed by atoms with Gasteiger partial charge in [0.05, 0.1) is 22.4 Å². The molecule has 0 unspecified atom stereocenters. The Balaban J connectivity index is 2.13. The minimum atomic E-state index is -3.87. The Morgan fingerprint density at radius 2 is 1.73 bits per heavy atom. The van der Waals surface area contributed by atoms with E-state index >= 15 is 0 Å². The number of aliphatic hydroxyl groups is 1. The second kappa shape index (κ2) is 7.98. The maximum atomic E-state index is 13.2. The molecule has 0 radical (unpaired) electrons. The molecule has 0 aliphatic carbocycles. The normalized spacial score (nSPS) is 12.0. The number of aromatic nitrogens is 2. The van der Waals surface area contributed by atoms with E-state index in [9.17, 15) is 22.7 Å². The molecule has 158 valence electrons. The first kappa shape index (κ1) is 21.6. The van der Waals surface area contributed by atoms with Gasteiger partial charge in [-0.1, -0.05) is 12.1 Å². The highest BCUT2D eigenvalue weighted by atomic mass is 32.2. The molecular formula is C20H20FN3O5S. The fourth-order valence-corrected chi connectivity index (χ4v) is 3.14. The highest BCUT2D eigenvalue weighted by molar-refractivity contribution is 7.89. The van der Waals surface area contributed by atoms with Crippen LogP contribution in [0, 0.1) is 5.82 Å². The second-order valence-electron chi connectivity index (χ2n) is 7.25. The Hall–Kier alpha value is -3.08. The van der Waals surface area contributed by atoms with Crippen molar-refractivity contribution in [3.8, 4) is 22.6 Å². The van der Waals surface area contributed by atoms with E-state index in [2.05, 4.69) is 5.10 Å². The monoisotopic (exact) mass is 433 g/mol. The Morgan fingerprint density at radius 1 is 1.13 bits per heavy atom. The van der Waals surface area contributed by atoms with Crippen molar-refractivity contribution in [2.24, 2.45) is 5.14 Å². The smallest absolute Gasteiger partial charge is 0.314 e. The lowest BCUT2D eigenvalue weighted by Crippen LogP contribution is -2.31. The summed E-state index contributed by atoms with van der Waals surface area (Å²) >= 11 is 0. The SMILES string of the molecule is CC(C)(O)COc1c(-c2ccc(S(N)(=O)=O)cc2)cnn(-c2ccc(F)cc2)c1=O. The van der Waals surface area contributed by atoms with E-state index in [1.54, 1.807) is 0 Å². The van der Waals surface area contributed by atoms with Crippen molar-refractivity contribution in [3.63, 3.8) is 0 Å². The summed E-state index contributed by atoms with van der Waals surface area (Å²) in [5, 5.41) is 19.2. The van der Waals surface area contributed by atoms with E-state index in [1.165, 1.54) is 68.6 Å². The van der Waals surface area contributed by atoms with Crippen LogP contribution in [0.2, 0.25) is 0 Å². The molecule has 0 saturated heterocycles. The third-order valence-electron chi connectivity index (χ3n) is 4.07. The van der Waals surface area contributed by atoms with Gasteiger partial charge in [-0.15, -0.1) is 0 Å². The van der Waals surface area contributed by atoms with Crippen molar-refractivity contribution in [2.75, 3.05) is 6.61 Å². The molecule has 0 fully saturated rings. The molecule has 3 rings (SSSR count). The van der Waals surface area contributed by atoms with Crippen LogP contribution in [0.25, 0.3) is 16.8 Å². The Morgan fingerprint density at radius 3 is 2.27 bits per heavy atom. The summed E-state index contributed by atoms with van der Waals surface area (Å²) in [5.41, 5.74) is -0.761. The zero-order chi connectivity index (χ0) is 22.1. The molecule has 3 N–H and O–H groups in total. The van der Waals surface area contributed by atoms with Gasteiger partial charge in [-0.3, -0.25) is 4.79 Å². The first-order chi connectivity index (χ1) is 14.0. The number of ether oxygens (including phenoxy) is 1. The van der Waals surface area contributed by atoms with E-state index in [0.29, 0.717) is 16.8 Å².